The van der Waals surface area contributed by atoms with Crippen molar-refractivity contribution in [3.63, 3.8) is 0 Å². The molecule has 0 amide bonds. The molecular formula is C28H28O16. The molecule has 16 heteroatoms. The molecule has 7 atom stereocenters. The van der Waals surface area contributed by atoms with Crippen LogP contribution in [0.5, 0.6) is 51.7 Å². The summed E-state index contributed by atoms with van der Waals surface area (Å²) in [6.07, 6.45) is -10.9. The van der Waals surface area contributed by atoms with Crippen molar-refractivity contribution in [3.05, 3.63) is 53.1 Å². The number of rotatable bonds is 6. The molecule has 0 saturated carbocycles. The second-order valence-corrected chi connectivity index (χ2v) is 10.2. The standard InChI is InChI=1S/C28H28O16/c29-8-20-23(37)24(38)25(39)28(44-20)41-11-5-13(30)12-7-19(43-27(40)10-3-16(33)22(36)17(34)4-10)26(42-18(12)6-11)9-1-14(31)21(35)15(32)2-9/h1-6,19-20,23-26,28-39H,7-8H2/t19-,20-,23-,24+,25-,26-,28+/m1/s1. The fraction of sp³-hybridized carbons (Fsp3) is 0.321. The third-order valence-electron chi connectivity index (χ3n) is 7.24. The van der Waals surface area contributed by atoms with E-state index in [9.17, 15) is 61.0 Å². The van der Waals surface area contributed by atoms with Gasteiger partial charge in [-0.05, 0) is 24.3 Å². The van der Waals surface area contributed by atoms with Gasteiger partial charge < -0.3 is 75.1 Å². The molecular weight excluding hydrogens is 592 g/mol. The zero-order valence-corrected chi connectivity index (χ0v) is 22.4. The Balaban J connectivity index is 1.48. The van der Waals surface area contributed by atoms with Crippen LogP contribution in [0, 0.1) is 0 Å². The van der Waals surface area contributed by atoms with Gasteiger partial charge in [0.2, 0.25) is 6.29 Å². The number of ether oxygens (including phenoxy) is 4. The molecule has 16 nitrogen and oxygen atoms in total. The van der Waals surface area contributed by atoms with E-state index in [1.165, 1.54) is 6.07 Å². The van der Waals surface area contributed by atoms with E-state index in [0.29, 0.717) is 0 Å². The van der Waals surface area contributed by atoms with Crippen molar-refractivity contribution in [3.8, 4) is 51.7 Å². The molecule has 2 aliphatic rings. The third-order valence-corrected chi connectivity index (χ3v) is 7.24. The average Bonchev–Trinajstić information content (AvgIpc) is 2.98. The van der Waals surface area contributed by atoms with E-state index in [0.717, 1.165) is 30.3 Å². The van der Waals surface area contributed by atoms with Crippen molar-refractivity contribution >= 4 is 5.97 Å². The molecule has 236 valence electrons. The highest BCUT2D eigenvalue weighted by Gasteiger charge is 2.45. The Kier molecular flexibility index (Phi) is 8.11. The molecule has 0 unspecified atom stereocenters. The van der Waals surface area contributed by atoms with E-state index in [1.54, 1.807) is 0 Å². The van der Waals surface area contributed by atoms with Gasteiger partial charge in [0, 0.05) is 29.7 Å². The number of benzene rings is 3. The Hall–Kier alpha value is -4.87. The third kappa shape index (κ3) is 5.59. The van der Waals surface area contributed by atoms with Gasteiger partial charge in [-0.1, -0.05) is 0 Å². The second kappa shape index (κ2) is 11.7. The number of fused-ring (bicyclic) bond motifs is 1. The number of phenolic OH excluding ortho intramolecular Hbond substituents is 7. The van der Waals surface area contributed by atoms with Gasteiger partial charge in [0.1, 0.15) is 47.8 Å². The monoisotopic (exact) mass is 620 g/mol. The molecule has 44 heavy (non-hydrogen) atoms. The van der Waals surface area contributed by atoms with Gasteiger partial charge >= 0.3 is 5.97 Å². The molecule has 1 saturated heterocycles. The summed E-state index contributed by atoms with van der Waals surface area (Å²) in [5.41, 5.74) is -0.285. The number of carbonyl (C=O) groups is 1. The zero-order valence-electron chi connectivity index (χ0n) is 22.4. The fourth-order valence-electron chi connectivity index (χ4n) is 4.91. The van der Waals surface area contributed by atoms with Crippen molar-refractivity contribution in [2.24, 2.45) is 0 Å². The summed E-state index contributed by atoms with van der Waals surface area (Å²) < 4.78 is 22.5. The van der Waals surface area contributed by atoms with Crippen LogP contribution in [-0.2, 0) is 15.9 Å². The minimum absolute atomic E-state index is 0.00241. The smallest absolute Gasteiger partial charge is 0.338 e. The number of hydrogen-bond acceptors (Lipinski definition) is 16. The molecule has 2 aliphatic heterocycles. The molecule has 5 rings (SSSR count). The largest absolute Gasteiger partial charge is 0.507 e. The van der Waals surface area contributed by atoms with Crippen molar-refractivity contribution < 1.29 is 79.9 Å². The number of carbonyl (C=O) groups excluding carboxylic acids is 1. The normalized spacial score (nSPS) is 26.3. The molecule has 0 radical (unpaired) electrons. The Morgan fingerprint density at radius 1 is 0.773 bits per heavy atom. The molecule has 11 N–H and O–H groups in total. The van der Waals surface area contributed by atoms with E-state index < -0.39 is 95.7 Å². The zero-order chi connectivity index (χ0) is 32.0. The maximum Gasteiger partial charge on any atom is 0.338 e. The molecule has 0 aromatic heterocycles. The first-order chi connectivity index (χ1) is 20.8. The summed E-state index contributed by atoms with van der Waals surface area (Å²) >= 11 is 0. The number of phenols is 7. The van der Waals surface area contributed by atoms with Gasteiger partial charge in [0.25, 0.3) is 0 Å². The number of aliphatic hydroxyl groups excluding tert-OH is 4. The number of aliphatic hydroxyl groups is 4. The van der Waals surface area contributed by atoms with E-state index in [2.05, 4.69) is 0 Å². The van der Waals surface area contributed by atoms with Gasteiger partial charge in [-0.3, -0.25) is 0 Å². The average molecular weight is 621 g/mol. The Labute approximate surface area is 247 Å². The highest BCUT2D eigenvalue weighted by atomic mass is 16.7. The predicted octanol–water partition coefficient (Wildman–Crippen LogP) is -0.294. The molecule has 3 aromatic rings. The predicted molar refractivity (Wildman–Crippen MR) is 142 cm³/mol. The molecule has 0 bridgehead atoms. The summed E-state index contributed by atoms with van der Waals surface area (Å²) in [6, 6.07) is 6.06. The highest BCUT2D eigenvalue weighted by molar-refractivity contribution is 5.91. The van der Waals surface area contributed by atoms with Crippen molar-refractivity contribution in [2.75, 3.05) is 6.61 Å². The topological polar surface area (TPSA) is 277 Å². The lowest BCUT2D eigenvalue weighted by atomic mass is 9.93. The minimum Gasteiger partial charge on any atom is -0.507 e. The van der Waals surface area contributed by atoms with Gasteiger partial charge in [0.05, 0.1) is 12.2 Å². The maximum absolute atomic E-state index is 13.0. The van der Waals surface area contributed by atoms with Crippen LogP contribution in [-0.4, -0.2) is 106 Å². The van der Waals surface area contributed by atoms with Crippen LogP contribution < -0.4 is 9.47 Å². The Bertz CT molecular complexity index is 1530. The number of esters is 1. The lowest BCUT2D eigenvalue weighted by Gasteiger charge is -2.39. The SMILES string of the molecule is O=C(O[C@@H]1Cc2c(O)cc(O[C@H]3O[C@H](CO)[C@@H](O)[C@H](O)[C@H]3O)cc2O[C@@H]1c1cc(O)c(O)c(O)c1)c1cc(O)c(O)c(O)c1. The van der Waals surface area contributed by atoms with E-state index >= 15 is 0 Å². The fourth-order valence-corrected chi connectivity index (χ4v) is 4.91. The van der Waals surface area contributed by atoms with Gasteiger partial charge in [-0.15, -0.1) is 0 Å². The summed E-state index contributed by atoms with van der Waals surface area (Å²) in [4.78, 5) is 13.0. The van der Waals surface area contributed by atoms with Crippen LogP contribution in [0.4, 0.5) is 0 Å². The van der Waals surface area contributed by atoms with Gasteiger partial charge in [0.15, 0.2) is 40.6 Å². The van der Waals surface area contributed by atoms with Crippen molar-refractivity contribution in [1.82, 2.24) is 0 Å². The minimum atomic E-state index is -1.76. The maximum atomic E-state index is 13.0. The lowest BCUT2D eigenvalue weighted by molar-refractivity contribution is -0.277. The van der Waals surface area contributed by atoms with E-state index in [-0.39, 0.29) is 34.6 Å². The van der Waals surface area contributed by atoms with Crippen LogP contribution in [0.2, 0.25) is 0 Å². The van der Waals surface area contributed by atoms with E-state index in [1.807, 2.05) is 0 Å². The highest BCUT2D eigenvalue weighted by Crippen LogP contribution is 2.46. The van der Waals surface area contributed by atoms with Crippen LogP contribution in [0.15, 0.2) is 36.4 Å². The molecule has 1 fully saturated rings. The van der Waals surface area contributed by atoms with Crippen LogP contribution >= 0.6 is 0 Å². The van der Waals surface area contributed by atoms with E-state index in [4.69, 9.17) is 18.9 Å². The lowest BCUT2D eigenvalue weighted by Crippen LogP contribution is -2.60. The first kappa shape index (κ1) is 30.6. The molecule has 3 aromatic carbocycles. The summed E-state index contributed by atoms with van der Waals surface area (Å²) in [5.74, 6) is -6.57. The number of hydrogen-bond donors (Lipinski definition) is 11. The molecule has 2 heterocycles. The Morgan fingerprint density at radius 2 is 1.36 bits per heavy atom. The molecule has 0 spiro atoms. The number of aromatic hydroxyl groups is 7. The first-order valence-corrected chi connectivity index (χ1v) is 13.0. The Morgan fingerprint density at radius 3 is 1.95 bits per heavy atom. The van der Waals surface area contributed by atoms with Crippen molar-refractivity contribution in [2.45, 2.75) is 49.3 Å². The quantitative estimate of drug-likeness (QED) is 0.125. The summed E-state index contributed by atoms with van der Waals surface area (Å²) in [7, 11) is 0. The van der Waals surface area contributed by atoms with Gasteiger partial charge in [-0.2, -0.15) is 0 Å². The van der Waals surface area contributed by atoms with Crippen LogP contribution in [0.1, 0.15) is 27.6 Å². The summed E-state index contributed by atoms with van der Waals surface area (Å²) in [6.45, 7) is -0.707. The second-order valence-electron chi connectivity index (χ2n) is 10.2. The van der Waals surface area contributed by atoms with Gasteiger partial charge in [-0.25, -0.2) is 4.79 Å². The summed E-state index contributed by atoms with van der Waals surface area (Å²) in [5, 5.41) is 110. The van der Waals surface area contributed by atoms with Crippen molar-refractivity contribution in [1.29, 1.82) is 0 Å². The van der Waals surface area contributed by atoms with Crippen LogP contribution in [0.25, 0.3) is 0 Å². The van der Waals surface area contributed by atoms with Crippen LogP contribution in [0.3, 0.4) is 0 Å². The molecule has 0 aliphatic carbocycles. The first-order valence-electron chi connectivity index (χ1n) is 13.0.